The van der Waals surface area contributed by atoms with Gasteiger partial charge in [-0.2, -0.15) is 5.26 Å². The van der Waals surface area contributed by atoms with Crippen molar-refractivity contribution >= 4 is 11.7 Å². The molecule has 0 aliphatic heterocycles. The van der Waals surface area contributed by atoms with Crippen LogP contribution in [0.1, 0.15) is 18.1 Å². The molecule has 122 valence electrons. The van der Waals surface area contributed by atoms with Crippen molar-refractivity contribution < 1.29 is 4.79 Å². The summed E-state index contributed by atoms with van der Waals surface area (Å²) in [6.07, 6.45) is 3.45. The second-order valence-corrected chi connectivity index (χ2v) is 5.16. The van der Waals surface area contributed by atoms with Crippen molar-refractivity contribution in [1.29, 1.82) is 5.26 Å². The number of benzene rings is 1. The van der Waals surface area contributed by atoms with Crippen LogP contribution in [0.5, 0.6) is 0 Å². The molecule has 0 radical (unpaired) electrons. The van der Waals surface area contributed by atoms with Gasteiger partial charge in [-0.15, -0.1) is 0 Å². The van der Waals surface area contributed by atoms with Crippen LogP contribution in [0.15, 0.2) is 49.1 Å². The topological polar surface area (TPSA) is 89.8 Å². The van der Waals surface area contributed by atoms with E-state index in [4.69, 9.17) is 0 Å². The predicted molar refractivity (Wildman–Crippen MR) is 94.1 cm³/mol. The van der Waals surface area contributed by atoms with Gasteiger partial charge in [0, 0.05) is 24.5 Å². The highest BCUT2D eigenvalue weighted by Crippen LogP contribution is 2.28. The highest BCUT2D eigenvalue weighted by molar-refractivity contribution is 5.78. The molecule has 0 bridgehead atoms. The van der Waals surface area contributed by atoms with Crippen molar-refractivity contribution in [2.45, 2.75) is 13.8 Å². The number of amides is 2. The van der Waals surface area contributed by atoms with E-state index in [1.807, 2.05) is 32.0 Å². The zero-order valence-corrected chi connectivity index (χ0v) is 13.7. The number of anilines is 1. The van der Waals surface area contributed by atoms with Crippen molar-refractivity contribution in [3.05, 3.63) is 60.2 Å². The summed E-state index contributed by atoms with van der Waals surface area (Å²) in [7, 11) is 0. The molecule has 0 unspecified atom stereocenters. The maximum absolute atomic E-state index is 11.5. The van der Waals surface area contributed by atoms with E-state index in [0.717, 1.165) is 16.7 Å². The van der Waals surface area contributed by atoms with Crippen LogP contribution in [0.3, 0.4) is 0 Å². The van der Waals surface area contributed by atoms with Crippen LogP contribution in [0, 0.1) is 18.3 Å². The highest BCUT2D eigenvalue weighted by Gasteiger charge is 2.11. The van der Waals surface area contributed by atoms with Gasteiger partial charge in [-0.05, 0) is 43.2 Å². The molecular formula is C18H19N5O. The average molecular weight is 321 g/mol. The van der Waals surface area contributed by atoms with Crippen molar-refractivity contribution in [3.8, 4) is 17.2 Å². The molecule has 2 amide bonds. The van der Waals surface area contributed by atoms with Crippen LogP contribution in [0.4, 0.5) is 10.5 Å². The molecule has 6 nitrogen and oxygen atoms in total. The molecule has 0 fully saturated rings. The Labute approximate surface area is 141 Å². The number of nitriles is 1. The van der Waals surface area contributed by atoms with Crippen molar-refractivity contribution in [2.24, 2.45) is 0 Å². The Kier molecular flexibility index (Phi) is 5.53. The number of hydrogen-bond acceptors (Lipinski definition) is 4. The monoisotopic (exact) mass is 321 g/mol. The number of urea groups is 1. The predicted octanol–water partition coefficient (Wildman–Crippen LogP) is 3.13. The first kappa shape index (κ1) is 17.0. The first-order valence-corrected chi connectivity index (χ1v) is 7.51. The Morgan fingerprint density at radius 2 is 2.17 bits per heavy atom. The maximum atomic E-state index is 11.5. The number of carbonyl (C=O) groups is 1. The summed E-state index contributed by atoms with van der Waals surface area (Å²) in [6.45, 7) is 8.00. The molecule has 3 N–H and O–H groups in total. The summed E-state index contributed by atoms with van der Waals surface area (Å²) >= 11 is 0. The van der Waals surface area contributed by atoms with E-state index in [9.17, 15) is 10.1 Å². The van der Waals surface area contributed by atoms with Gasteiger partial charge in [0.05, 0.1) is 11.3 Å². The normalized spacial score (nSPS) is 9.71. The fraction of sp³-hybridized carbons (Fsp3) is 0.167. The number of nitrogens with one attached hydrogen (secondary N) is 3. The van der Waals surface area contributed by atoms with Crippen LogP contribution in [0.2, 0.25) is 0 Å². The Bertz CT molecular complexity index is 793. The van der Waals surface area contributed by atoms with Gasteiger partial charge in [-0.1, -0.05) is 12.6 Å². The molecule has 0 saturated carbocycles. The Morgan fingerprint density at radius 1 is 1.38 bits per heavy atom. The van der Waals surface area contributed by atoms with Crippen molar-refractivity contribution in [2.75, 3.05) is 11.9 Å². The third kappa shape index (κ3) is 4.11. The van der Waals surface area contributed by atoms with Crippen LogP contribution < -0.4 is 16.0 Å². The highest BCUT2D eigenvalue weighted by atomic mass is 16.2. The fourth-order valence-corrected chi connectivity index (χ4v) is 2.27. The number of pyridine rings is 1. The summed E-state index contributed by atoms with van der Waals surface area (Å²) in [6, 6.07) is 9.35. The van der Waals surface area contributed by atoms with Gasteiger partial charge < -0.3 is 10.6 Å². The van der Waals surface area contributed by atoms with Crippen molar-refractivity contribution in [3.63, 3.8) is 0 Å². The third-order valence-electron chi connectivity index (χ3n) is 3.33. The molecule has 2 rings (SSSR count). The second kappa shape index (κ2) is 7.79. The maximum Gasteiger partial charge on any atom is 0.320 e. The van der Waals surface area contributed by atoms with E-state index in [-0.39, 0.29) is 6.03 Å². The first-order chi connectivity index (χ1) is 11.5. The van der Waals surface area contributed by atoms with Crippen LogP contribution in [-0.2, 0) is 0 Å². The lowest BCUT2D eigenvalue weighted by Gasteiger charge is -2.16. The third-order valence-corrected chi connectivity index (χ3v) is 3.33. The summed E-state index contributed by atoms with van der Waals surface area (Å²) in [5.74, 6) is 0.301. The molecule has 0 aliphatic carbocycles. The Morgan fingerprint density at radius 3 is 2.79 bits per heavy atom. The average Bonchev–Trinajstić information content (AvgIpc) is 2.57. The fourth-order valence-electron chi connectivity index (χ4n) is 2.27. The molecule has 24 heavy (non-hydrogen) atoms. The molecule has 1 aromatic carbocycles. The molecule has 0 saturated heterocycles. The number of hydrogen-bond donors (Lipinski definition) is 3. The second-order valence-electron chi connectivity index (χ2n) is 5.16. The van der Waals surface area contributed by atoms with Gasteiger partial charge in [0.25, 0.3) is 0 Å². The number of aromatic nitrogens is 1. The van der Waals surface area contributed by atoms with E-state index in [0.29, 0.717) is 23.6 Å². The van der Waals surface area contributed by atoms with Gasteiger partial charge in [-0.3, -0.25) is 10.3 Å². The molecule has 6 heteroatoms. The summed E-state index contributed by atoms with van der Waals surface area (Å²) in [4.78, 5) is 15.6. The molecule has 1 heterocycles. The summed E-state index contributed by atoms with van der Waals surface area (Å²) < 4.78 is 0. The van der Waals surface area contributed by atoms with E-state index < -0.39 is 0 Å². The van der Waals surface area contributed by atoms with E-state index in [1.54, 1.807) is 18.5 Å². The van der Waals surface area contributed by atoms with Crippen LogP contribution >= 0.6 is 0 Å². The molecule has 0 aliphatic rings. The lowest BCUT2D eigenvalue weighted by atomic mass is 9.99. The molecule has 0 spiro atoms. The van der Waals surface area contributed by atoms with Crippen LogP contribution in [0.25, 0.3) is 11.1 Å². The number of carbonyl (C=O) groups excluding carboxylic acids is 1. The lowest BCUT2D eigenvalue weighted by Crippen LogP contribution is -2.36. The molecule has 1 aromatic heterocycles. The van der Waals surface area contributed by atoms with Gasteiger partial charge in [-0.25, -0.2) is 4.79 Å². The standard InChI is InChI=1S/C18H19N5O/c1-4-21-18(24)23-13(3)22-17-12(2)8-15(9-16(17)10-19)14-6-5-7-20-11-14/h5-9,11,22H,3-4H2,1-2H3,(H2,21,23,24). The zero-order valence-electron chi connectivity index (χ0n) is 13.7. The van der Waals surface area contributed by atoms with Gasteiger partial charge in [0.2, 0.25) is 0 Å². The largest absolute Gasteiger partial charge is 0.341 e. The van der Waals surface area contributed by atoms with Gasteiger partial charge in [0.1, 0.15) is 11.9 Å². The van der Waals surface area contributed by atoms with E-state index in [2.05, 4.69) is 33.6 Å². The van der Waals surface area contributed by atoms with E-state index in [1.165, 1.54) is 0 Å². The summed E-state index contributed by atoms with van der Waals surface area (Å²) in [5, 5.41) is 17.6. The SMILES string of the molecule is C=C(NC(=O)NCC)Nc1c(C)cc(-c2cccnc2)cc1C#N. The summed E-state index contributed by atoms with van der Waals surface area (Å²) in [5.41, 5.74) is 3.79. The lowest BCUT2D eigenvalue weighted by molar-refractivity contribution is 0.244. The number of nitrogens with zero attached hydrogens (tertiary/aromatic N) is 2. The number of rotatable bonds is 5. The molecular weight excluding hydrogens is 302 g/mol. The van der Waals surface area contributed by atoms with Gasteiger partial charge >= 0.3 is 6.03 Å². The molecule has 0 atom stereocenters. The van der Waals surface area contributed by atoms with Gasteiger partial charge in [0.15, 0.2) is 0 Å². The Hall–Kier alpha value is -3.33. The van der Waals surface area contributed by atoms with Crippen LogP contribution in [-0.4, -0.2) is 17.6 Å². The zero-order chi connectivity index (χ0) is 17.5. The smallest absolute Gasteiger partial charge is 0.320 e. The first-order valence-electron chi connectivity index (χ1n) is 7.51. The number of aryl methyl sites for hydroxylation is 1. The minimum Gasteiger partial charge on any atom is -0.341 e. The Balaban J connectivity index is 2.27. The molecule has 2 aromatic rings. The minimum absolute atomic E-state index is 0.301. The van der Waals surface area contributed by atoms with Crippen molar-refractivity contribution in [1.82, 2.24) is 15.6 Å². The minimum atomic E-state index is -0.349. The quantitative estimate of drug-likeness (QED) is 0.789. The van der Waals surface area contributed by atoms with E-state index >= 15 is 0 Å².